The molecule has 0 aliphatic heterocycles. The first-order chi connectivity index (χ1) is 54.7. The number of hydrogen-bond acceptors (Lipinski definition) is 19. The van der Waals surface area contributed by atoms with Crippen molar-refractivity contribution in [2.24, 2.45) is 0 Å². The highest BCUT2D eigenvalue weighted by Gasteiger charge is 2.30. The van der Waals surface area contributed by atoms with Crippen LogP contribution in [0.5, 0.6) is 0 Å². The average Bonchev–Trinajstić information content (AvgIpc) is 1.61. The summed E-state index contributed by atoms with van der Waals surface area (Å²) in [7, 11) is 0. The molecule has 25 nitrogen and oxygen atoms in total. The lowest BCUT2D eigenvalue weighted by Crippen LogP contribution is -2.23. The van der Waals surface area contributed by atoms with Crippen molar-refractivity contribution in [2.45, 2.75) is 140 Å². The molecule has 3 aliphatic rings. The van der Waals surface area contributed by atoms with E-state index in [9.17, 15) is 29.7 Å². The maximum absolute atomic E-state index is 13.1. The lowest BCUT2D eigenvalue weighted by molar-refractivity contribution is 0.0944. The number of benzene rings is 8. The van der Waals surface area contributed by atoms with Gasteiger partial charge in [0.05, 0.1) is 69.2 Å². The summed E-state index contributed by atoms with van der Waals surface area (Å²) in [6.07, 6.45) is 14.9. The minimum absolute atomic E-state index is 0.0874. The third kappa shape index (κ3) is 15.3. The number of nitrogens with one attached hydrogen (secondary N) is 3. The van der Waals surface area contributed by atoms with E-state index in [4.69, 9.17) is 32.5 Å². The number of fused-ring (bicyclic) bond motifs is 6. The van der Waals surface area contributed by atoms with Crippen molar-refractivity contribution in [1.82, 2.24) is 80.2 Å². The minimum atomic E-state index is -0.248. The van der Waals surface area contributed by atoms with Gasteiger partial charge in [0.1, 0.15) is 53.5 Å². The van der Waals surface area contributed by atoms with E-state index in [1.165, 1.54) is 19.0 Å². The zero-order valence-electron chi connectivity index (χ0n) is 61.8. The summed E-state index contributed by atoms with van der Waals surface area (Å²) in [6.45, 7) is 3.16. The van der Waals surface area contributed by atoms with Crippen molar-refractivity contribution in [3.63, 3.8) is 0 Å². The molecule has 18 rings (SSSR count). The number of para-hydroxylation sites is 1. The van der Waals surface area contributed by atoms with Gasteiger partial charge >= 0.3 is 0 Å². The maximum atomic E-state index is 13.1. The number of aliphatic hydroxyl groups excluding tert-OH is 3. The predicted octanol–water partition coefficient (Wildman–Crippen LogP) is 13.6. The standard InChI is InChI=1S/C30H30N6O2.C29H28N6O2.C28H27N7O2/c1-18-6-9-20-4-2-3-5-24(20)25(18)30(38)32-16-19-7-10-21(11-8-19)27-26-28(31)33-17-34-29(26)36(35-27)22-12-14-23(37)15-13-22;30-27-25-26(34-35(28(25)33-17-32-27)21-12-14-22(36)15-13-21)20-10-8-18(9-11-20)16-31-29(37)24-7-3-5-19-4-1-2-6-23(19)24;29-26-23-25(34-35(27(23)33-16-32-26)20-10-12-21(36)13-11-20)19-8-6-17(7-9-19)15-31-28(37)22-5-1-3-18-4-2-14-30-24(18)22/h2-11,17,22-23,37H,12-16H2,1H3,(H,32,38)(H2,31,33,34);1-11,17,21-22,36H,12-16H2,(H,31,37)(H2,30,32,33);1-9,14,16,20-21,36H,10-13,15H2,(H,31,37)(H2,29,32,33). The summed E-state index contributed by atoms with van der Waals surface area (Å²) in [5, 5.41) is 60.8. The summed E-state index contributed by atoms with van der Waals surface area (Å²) in [5.74, 6) is 0.828. The Bertz CT molecular complexity index is 5710. The molecule has 3 saturated carbocycles. The second-order valence-corrected chi connectivity index (χ2v) is 29.2. The van der Waals surface area contributed by atoms with E-state index < -0.39 is 0 Å². The van der Waals surface area contributed by atoms with Crippen molar-refractivity contribution in [2.75, 3.05) is 17.2 Å². The van der Waals surface area contributed by atoms with Crippen LogP contribution in [0.25, 0.3) is 99.3 Å². The molecule has 7 heterocycles. The van der Waals surface area contributed by atoms with E-state index in [1.54, 1.807) is 12.3 Å². The summed E-state index contributed by atoms with van der Waals surface area (Å²) < 4.78 is 5.85. The van der Waals surface area contributed by atoms with E-state index in [0.29, 0.717) is 64.9 Å². The molecule has 0 saturated heterocycles. The Hall–Kier alpha value is -13.0. The van der Waals surface area contributed by atoms with Gasteiger partial charge in [-0.15, -0.1) is 0 Å². The Morgan fingerprint density at radius 3 is 1.17 bits per heavy atom. The van der Waals surface area contributed by atoms with Gasteiger partial charge in [-0.1, -0.05) is 164 Å². The van der Waals surface area contributed by atoms with E-state index >= 15 is 0 Å². The second-order valence-electron chi connectivity index (χ2n) is 29.2. The number of hydrogen-bond donors (Lipinski definition) is 9. The SMILES string of the molecule is Cc1ccc2ccccc2c1C(=O)NCc1ccc(-c2nn(C3CCC(O)CC3)c3ncnc(N)c23)cc1.Nc1ncnc2c1c(-c1ccc(CNC(=O)c3cccc4ccccc34)cc1)nn2C1CCC(O)CC1.Nc1ncnc2c1c(-c1ccc(CNC(=O)c3cccc4cccnc34)cc1)nn2C1CCC(O)CC1. The smallest absolute Gasteiger partial charge is 0.253 e. The third-order valence-electron chi connectivity index (χ3n) is 21.9. The van der Waals surface area contributed by atoms with Gasteiger partial charge in [-0.05, 0) is 146 Å². The number of pyridine rings is 1. The quantitative estimate of drug-likeness (QED) is 0.0460. The van der Waals surface area contributed by atoms with Crippen LogP contribution in [0.3, 0.4) is 0 Å². The molecule has 15 aromatic rings. The van der Waals surface area contributed by atoms with Crippen molar-refractivity contribution >= 4 is 101 Å². The van der Waals surface area contributed by atoms with Crippen LogP contribution in [0.1, 0.15) is 149 Å². The number of aryl methyl sites for hydroxylation is 1. The fourth-order valence-corrected chi connectivity index (χ4v) is 15.8. The summed E-state index contributed by atoms with van der Waals surface area (Å²) in [5.41, 5.74) is 32.4. The van der Waals surface area contributed by atoms with Crippen LogP contribution in [0.15, 0.2) is 207 Å². The number of amides is 3. The zero-order chi connectivity index (χ0) is 76.9. The van der Waals surface area contributed by atoms with Crippen molar-refractivity contribution in [3.05, 3.63) is 246 Å². The molecule has 3 aliphatic carbocycles. The van der Waals surface area contributed by atoms with Gasteiger partial charge in [0.25, 0.3) is 17.7 Å². The number of rotatable bonds is 15. The number of nitrogen functional groups attached to an aromatic ring is 3. The highest BCUT2D eigenvalue weighted by atomic mass is 16.3. The predicted molar refractivity (Wildman–Crippen MR) is 434 cm³/mol. The molecule has 8 aromatic carbocycles. The first kappa shape index (κ1) is 73.2. The lowest BCUT2D eigenvalue weighted by Gasteiger charge is -2.25. The number of nitrogens with zero attached hydrogens (tertiary/aromatic N) is 13. The largest absolute Gasteiger partial charge is 0.393 e. The molecule has 0 bridgehead atoms. The molecule has 0 atom stereocenters. The summed E-state index contributed by atoms with van der Waals surface area (Å²) >= 11 is 0. The molecule has 0 spiro atoms. The van der Waals surface area contributed by atoms with Gasteiger partial charge in [0.2, 0.25) is 0 Å². The molecule has 564 valence electrons. The van der Waals surface area contributed by atoms with Gasteiger partial charge in [-0.25, -0.2) is 43.9 Å². The monoisotopic (exact) mass is 1490 g/mol. The van der Waals surface area contributed by atoms with E-state index in [-0.39, 0.29) is 54.2 Å². The molecule has 12 N–H and O–H groups in total. The number of nitrogens with two attached hydrogens (primary N) is 3. The molecular weight excluding hydrogens is 1410 g/mol. The Labute approximate surface area is 644 Å². The number of aliphatic hydroxyl groups is 3. The van der Waals surface area contributed by atoms with Crippen LogP contribution >= 0.6 is 0 Å². The van der Waals surface area contributed by atoms with Crippen molar-refractivity contribution in [3.8, 4) is 33.8 Å². The molecule has 3 amide bonds. The van der Waals surface area contributed by atoms with Crippen molar-refractivity contribution in [1.29, 1.82) is 0 Å². The molecule has 25 heteroatoms. The Kier molecular flexibility index (Phi) is 21.1. The van der Waals surface area contributed by atoms with Gasteiger partial charge < -0.3 is 48.5 Å². The number of anilines is 3. The van der Waals surface area contributed by atoms with Gasteiger partial charge in [-0.2, -0.15) is 15.3 Å². The molecule has 0 unspecified atom stereocenters. The van der Waals surface area contributed by atoms with Crippen LogP contribution in [0, 0.1) is 6.92 Å². The maximum Gasteiger partial charge on any atom is 0.253 e. The van der Waals surface area contributed by atoms with Crippen molar-refractivity contribution < 1.29 is 29.7 Å². The molecule has 3 fully saturated rings. The first-order valence-electron chi connectivity index (χ1n) is 38.1. The van der Waals surface area contributed by atoms with Crippen LogP contribution in [0.4, 0.5) is 17.5 Å². The molecule has 7 aromatic heterocycles. The van der Waals surface area contributed by atoms with E-state index in [2.05, 4.69) is 50.8 Å². The van der Waals surface area contributed by atoms with Gasteiger partial charge in [0, 0.05) is 53.5 Å². The summed E-state index contributed by atoms with van der Waals surface area (Å²) in [6, 6.07) is 59.3. The van der Waals surface area contributed by atoms with Crippen LogP contribution in [0.2, 0.25) is 0 Å². The number of carbonyl (C=O) groups is 3. The number of carbonyl (C=O) groups excluding carboxylic acids is 3. The fraction of sp³-hybridized carbons (Fsp3) is 0.253. The highest BCUT2D eigenvalue weighted by Crippen LogP contribution is 2.40. The highest BCUT2D eigenvalue weighted by molar-refractivity contribution is 6.09. The van der Waals surface area contributed by atoms with Crippen LogP contribution in [-0.4, -0.2) is 116 Å². The summed E-state index contributed by atoms with van der Waals surface area (Å²) in [4.78, 5) is 69.4. The molecule has 0 radical (unpaired) electrons. The van der Waals surface area contributed by atoms with E-state index in [1.807, 2.05) is 197 Å². The van der Waals surface area contributed by atoms with Gasteiger partial charge in [0.15, 0.2) is 16.9 Å². The minimum Gasteiger partial charge on any atom is -0.393 e. The van der Waals surface area contributed by atoms with E-state index in [0.717, 1.165) is 187 Å². The first-order valence-corrected chi connectivity index (χ1v) is 38.1. The molecule has 112 heavy (non-hydrogen) atoms. The topological polar surface area (TPSA) is 370 Å². The average molecular weight is 1490 g/mol. The molecular formula is C87H85N19O6. The third-order valence-corrected chi connectivity index (χ3v) is 21.9. The normalized spacial score (nSPS) is 17.7. The lowest BCUT2D eigenvalue weighted by atomic mass is 9.93. The van der Waals surface area contributed by atoms with Gasteiger partial charge in [-0.3, -0.25) is 19.4 Å². The second kappa shape index (κ2) is 32.3. The van der Waals surface area contributed by atoms with Crippen LogP contribution < -0.4 is 33.2 Å². The Balaban J connectivity index is 0.000000127. The fourth-order valence-electron chi connectivity index (χ4n) is 15.8. The van der Waals surface area contributed by atoms with Crippen LogP contribution in [-0.2, 0) is 19.6 Å². The Morgan fingerprint density at radius 1 is 0.375 bits per heavy atom. The zero-order valence-corrected chi connectivity index (χ0v) is 61.8. The number of aromatic nitrogens is 13. The Morgan fingerprint density at radius 2 is 0.732 bits per heavy atom.